The summed E-state index contributed by atoms with van der Waals surface area (Å²) >= 11 is 0. The first kappa shape index (κ1) is 17.6. The van der Waals surface area contributed by atoms with E-state index in [1.807, 2.05) is 32.0 Å². The molecule has 0 radical (unpaired) electrons. The van der Waals surface area contributed by atoms with Crippen LogP contribution in [0.5, 0.6) is 11.5 Å². The first-order chi connectivity index (χ1) is 11.1. The largest absolute Gasteiger partial charge is 0.490 e. The summed E-state index contributed by atoms with van der Waals surface area (Å²) in [5, 5.41) is 15.3. The zero-order valence-electron chi connectivity index (χ0n) is 13.8. The highest BCUT2D eigenvalue weighted by Gasteiger charge is 2.27. The minimum absolute atomic E-state index is 0.0579. The van der Waals surface area contributed by atoms with Crippen LogP contribution in [0.25, 0.3) is 0 Å². The lowest BCUT2D eigenvalue weighted by atomic mass is 10.1. The van der Waals surface area contributed by atoms with Gasteiger partial charge in [0.05, 0.1) is 25.4 Å². The van der Waals surface area contributed by atoms with Gasteiger partial charge in [0.25, 0.3) is 0 Å². The van der Waals surface area contributed by atoms with Crippen molar-refractivity contribution < 1.29 is 19.4 Å². The highest BCUT2D eigenvalue weighted by Crippen LogP contribution is 2.28. The lowest BCUT2D eigenvalue weighted by Gasteiger charge is -2.13. The zero-order valence-corrected chi connectivity index (χ0v) is 13.8. The average molecular weight is 322 g/mol. The molecule has 6 nitrogen and oxygen atoms in total. The topological polar surface area (TPSA) is 79.8 Å². The monoisotopic (exact) mass is 322 g/mol. The third kappa shape index (κ3) is 5.11. The van der Waals surface area contributed by atoms with E-state index in [0.29, 0.717) is 39.1 Å². The number of hydrogen-bond donors (Lipinski definition) is 3. The molecule has 1 aromatic carbocycles. The Morgan fingerprint density at radius 2 is 2.04 bits per heavy atom. The molecule has 0 aromatic heterocycles. The number of aliphatic hydroxyl groups is 1. The Bertz CT molecular complexity index is 521. The maximum absolute atomic E-state index is 12.0. The van der Waals surface area contributed by atoms with E-state index >= 15 is 0 Å². The van der Waals surface area contributed by atoms with Gasteiger partial charge in [-0.25, -0.2) is 0 Å². The summed E-state index contributed by atoms with van der Waals surface area (Å²) in [6, 6.07) is 5.56. The van der Waals surface area contributed by atoms with Crippen molar-refractivity contribution >= 4 is 5.91 Å². The van der Waals surface area contributed by atoms with Crippen molar-refractivity contribution in [2.75, 3.05) is 26.3 Å². The number of benzene rings is 1. The third-order valence-corrected chi connectivity index (χ3v) is 3.74. The third-order valence-electron chi connectivity index (χ3n) is 3.74. The highest BCUT2D eigenvalue weighted by molar-refractivity contribution is 5.82. The molecule has 2 atom stereocenters. The lowest BCUT2D eigenvalue weighted by molar-refractivity contribution is -0.122. The Balaban J connectivity index is 1.85. The van der Waals surface area contributed by atoms with Gasteiger partial charge in [-0.2, -0.15) is 0 Å². The van der Waals surface area contributed by atoms with Gasteiger partial charge in [0.1, 0.15) is 0 Å². The van der Waals surface area contributed by atoms with Gasteiger partial charge >= 0.3 is 0 Å². The van der Waals surface area contributed by atoms with Crippen LogP contribution < -0.4 is 20.1 Å². The van der Waals surface area contributed by atoms with Crippen molar-refractivity contribution in [3.63, 3.8) is 0 Å². The van der Waals surface area contributed by atoms with E-state index in [0.717, 1.165) is 17.1 Å². The van der Waals surface area contributed by atoms with E-state index in [2.05, 4.69) is 10.6 Å². The number of aliphatic hydroxyl groups excluding tert-OH is 1. The summed E-state index contributed by atoms with van der Waals surface area (Å²) in [4.78, 5) is 12.0. The van der Waals surface area contributed by atoms with Crippen LogP contribution in [0.1, 0.15) is 25.8 Å². The molecule has 1 aromatic rings. The van der Waals surface area contributed by atoms with Crippen LogP contribution in [0, 0.1) is 0 Å². The molecule has 1 aliphatic rings. The van der Waals surface area contributed by atoms with Crippen molar-refractivity contribution in [3.05, 3.63) is 23.8 Å². The molecule has 3 N–H and O–H groups in total. The first-order valence-electron chi connectivity index (χ1n) is 8.21. The summed E-state index contributed by atoms with van der Waals surface area (Å²) in [5.74, 6) is 1.42. The van der Waals surface area contributed by atoms with Crippen LogP contribution in [0.4, 0.5) is 0 Å². The minimum atomic E-state index is -0.425. The van der Waals surface area contributed by atoms with Gasteiger partial charge in [-0.15, -0.1) is 0 Å². The molecule has 6 heteroatoms. The van der Waals surface area contributed by atoms with Crippen LogP contribution in [0.15, 0.2) is 18.2 Å². The molecule has 1 aliphatic heterocycles. The van der Waals surface area contributed by atoms with Gasteiger partial charge in [0.15, 0.2) is 11.5 Å². The van der Waals surface area contributed by atoms with Gasteiger partial charge in [0.2, 0.25) is 5.91 Å². The van der Waals surface area contributed by atoms with E-state index in [4.69, 9.17) is 9.47 Å². The molecule has 2 rings (SSSR count). The number of ether oxygens (including phenoxy) is 2. The molecule has 1 saturated heterocycles. The van der Waals surface area contributed by atoms with Crippen LogP contribution in [-0.2, 0) is 11.2 Å². The lowest BCUT2D eigenvalue weighted by Crippen LogP contribution is -2.41. The van der Waals surface area contributed by atoms with Crippen molar-refractivity contribution in [2.24, 2.45) is 0 Å². The van der Waals surface area contributed by atoms with Crippen LogP contribution in [0.2, 0.25) is 0 Å². The van der Waals surface area contributed by atoms with Crippen LogP contribution >= 0.6 is 0 Å². The predicted octanol–water partition coefficient (Wildman–Crippen LogP) is 0.866. The number of carbonyl (C=O) groups excluding carboxylic acids is 1. The molecule has 0 saturated carbocycles. The molecule has 23 heavy (non-hydrogen) atoms. The van der Waals surface area contributed by atoms with E-state index in [-0.39, 0.29) is 11.9 Å². The number of nitrogens with one attached hydrogen (secondary N) is 2. The second-order valence-corrected chi connectivity index (χ2v) is 5.54. The summed E-state index contributed by atoms with van der Waals surface area (Å²) in [6.07, 6.45) is 0.766. The fourth-order valence-electron chi connectivity index (χ4n) is 2.62. The molecular formula is C17H26N2O4. The predicted molar refractivity (Wildman–Crippen MR) is 87.9 cm³/mol. The molecule has 2 unspecified atom stereocenters. The fraction of sp³-hybridized carbons (Fsp3) is 0.588. The Kier molecular flexibility index (Phi) is 6.67. The van der Waals surface area contributed by atoms with Gasteiger partial charge in [-0.3, -0.25) is 4.79 Å². The molecular weight excluding hydrogens is 296 g/mol. The molecule has 1 fully saturated rings. The normalized spacial score (nSPS) is 20.3. The number of hydrogen-bond acceptors (Lipinski definition) is 5. The van der Waals surface area contributed by atoms with Crippen LogP contribution in [-0.4, -0.2) is 49.5 Å². The van der Waals surface area contributed by atoms with E-state index in [1.54, 1.807) is 0 Å². The summed E-state index contributed by atoms with van der Waals surface area (Å²) in [6.45, 7) is 6.08. The molecule has 128 valence electrons. The highest BCUT2D eigenvalue weighted by atomic mass is 16.5. The Labute approximate surface area is 137 Å². The van der Waals surface area contributed by atoms with E-state index in [9.17, 15) is 9.90 Å². The smallest absolute Gasteiger partial charge is 0.237 e. The molecule has 1 amide bonds. The van der Waals surface area contributed by atoms with Crippen molar-refractivity contribution in [1.82, 2.24) is 10.6 Å². The van der Waals surface area contributed by atoms with E-state index in [1.165, 1.54) is 0 Å². The Hall–Kier alpha value is -1.79. The summed E-state index contributed by atoms with van der Waals surface area (Å²) in [5.41, 5.74) is 1.08. The van der Waals surface area contributed by atoms with Gasteiger partial charge in [-0.05, 0) is 44.4 Å². The summed E-state index contributed by atoms with van der Waals surface area (Å²) < 4.78 is 11.1. The second-order valence-electron chi connectivity index (χ2n) is 5.54. The molecule has 1 heterocycles. The first-order valence-corrected chi connectivity index (χ1v) is 8.21. The molecule has 0 aliphatic carbocycles. The Morgan fingerprint density at radius 3 is 2.70 bits per heavy atom. The van der Waals surface area contributed by atoms with Gasteiger partial charge in [0, 0.05) is 13.1 Å². The van der Waals surface area contributed by atoms with Gasteiger partial charge < -0.3 is 25.2 Å². The van der Waals surface area contributed by atoms with Crippen LogP contribution in [0.3, 0.4) is 0 Å². The maximum Gasteiger partial charge on any atom is 0.237 e. The van der Waals surface area contributed by atoms with Gasteiger partial charge in [-0.1, -0.05) is 6.07 Å². The second kappa shape index (κ2) is 8.74. The molecule has 0 spiro atoms. The number of amides is 1. The average Bonchev–Trinajstić information content (AvgIpc) is 2.97. The minimum Gasteiger partial charge on any atom is -0.490 e. The molecule has 0 bridgehead atoms. The SMILES string of the molecule is CCOc1ccc(CCNC(=O)C2CC(O)CN2)cc1OCC. The van der Waals surface area contributed by atoms with Crippen molar-refractivity contribution in [3.8, 4) is 11.5 Å². The summed E-state index contributed by atoms with van der Waals surface area (Å²) in [7, 11) is 0. The maximum atomic E-state index is 12.0. The number of rotatable bonds is 8. The van der Waals surface area contributed by atoms with Crippen molar-refractivity contribution in [2.45, 2.75) is 38.8 Å². The fourth-order valence-corrected chi connectivity index (χ4v) is 2.62. The van der Waals surface area contributed by atoms with E-state index < -0.39 is 6.10 Å². The number of carbonyl (C=O) groups is 1. The van der Waals surface area contributed by atoms with Crippen molar-refractivity contribution in [1.29, 1.82) is 0 Å². The Morgan fingerprint density at radius 1 is 1.30 bits per heavy atom. The quantitative estimate of drug-likeness (QED) is 0.662. The number of β-amino-alcohol motifs (C(OH)–C–C–N with tert-alkyl or cyclic N) is 1. The zero-order chi connectivity index (χ0) is 16.7. The standard InChI is InChI=1S/C17H26N2O4/c1-3-22-15-6-5-12(9-16(15)23-4-2)7-8-18-17(21)14-10-13(20)11-19-14/h5-6,9,13-14,19-20H,3-4,7-8,10-11H2,1-2H3,(H,18,21).